The summed E-state index contributed by atoms with van der Waals surface area (Å²) in [7, 11) is 0. The molecule has 0 unspecified atom stereocenters. The first-order valence-corrected chi connectivity index (χ1v) is 20.3. The Hall–Kier alpha value is -6.79. The van der Waals surface area contributed by atoms with Crippen LogP contribution in [0.1, 0.15) is 0 Å². The molecule has 0 N–H and O–H groups in total. The van der Waals surface area contributed by atoms with E-state index in [0.29, 0.717) is 5.82 Å². The number of aromatic nitrogens is 3. The number of nitrogens with zero attached hydrogens (tertiary/aromatic N) is 3. The van der Waals surface area contributed by atoms with E-state index in [2.05, 4.69) is 151 Å². The molecule has 56 heavy (non-hydrogen) atoms. The summed E-state index contributed by atoms with van der Waals surface area (Å²) in [5.74, 6) is 0.695. The van der Waals surface area contributed by atoms with Gasteiger partial charge in [0, 0.05) is 69.4 Å². The fourth-order valence-electron chi connectivity index (χ4n) is 7.76. The van der Waals surface area contributed by atoms with Crippen molar-refractivity contribution < 1.29 is 0 Å². The van der Waals surface area contributed by atoms with Crippen LogP contribution in [0.5, 0.6) is 0 Å². The fourth-order valence-corrected chi connectivity index (χ4v) is 9.93. The normalized spacial score (nSPS) is 11.6. The Morgan fingerprint density at radius 3 is 1.36 bits per heavy atom. The molecule has 11 aromatic rings. The van der Waals surface area contributed by atoms with Crippen LogP contribution < -0.4 is 0 Å². The van der Waals surface area contributed by atoms with E-state index in [4.69, 9.17) is 9.97 Å². The van der Waals surface area contributed by atoms with Crippen LogP contribution in [0.4, 0.5) is 0 Å². The van der Waals surface area contributed by atoms with Crippen molar-refractivity contribution in [1.82, 2.24) is 15.0 Å². The molecule has 0 aliphatic rings. The molecule has 0 amide bonds. The van der Waals surface area contributed by atoms with Gasteiger partial charge in [0.1, 0.15) is 0 Å². The Kier molecular flexibility index (Phi) is 7.87. The number of fused-ring (bicyclic) bond motifs is 6. The molecule has 4 heterocycles. The highest BCUT2D eigenvalue weighted by Gasteiger charge is 2.16. The van der Waals surface area contributed by atoms with Crippen molar-refractivity contribution >= 4 is 63.0 Å². The molecule has 0 saturated carbocycles. The van der Waals surface area contributed by atoms with Crippen molar-refractivity contribution in [1.29, 1.82) is 0 Å². The summed E-state index contributed by atoms with van der Waals surface area (Å²) in [5.41, 5.74) is 11.7. The lowest BCUT2D eigenvalue weighted by molar-refractivity contribution is 1.18. The van der Waals surface area contributed by atoms with Crippen LogP contribution in [0.25, 0.3) is 108 Å². The minimum atomic E-state index is 0.695. The molecule has 262 valence electrons. The van der Waals surface area contributed by atoms with Gasteiger partial charge in [0.2, 0.25) is 0 Å². The highest BCUT2D eigenvalue weighted by Crippen LogP contribution is 2.41. The van der Waals surface area contributed by atoms with Gasteiger partial charge in [0.15, 0.2) is 5.82 Å². The molecule has 3 nitrogen and oxygen atoms in total. The molecule has 11 rings (SSSR count). The number of rotatable bonds is 6. The lowest BCUT2D eigenvalue weighted by Gasteiger charge is -2.14. The second kappa shape index (κ2) is 13.5. The highest BCUT2D eigenvalue weighted by atomic mass is 32.1. The average Bonchev–Trinajstić information content (AvgIpc) is 3.84. The SMILES string of the molecule is c1ccc(-c2nc(-c3ccc(-c4ccncc4)cc3)cc(-c3cc(-c4ccc5sc6ccccc6c5c4)cc(-c4ccc5sc6ccccc6c5c4)c3)n2)cc1. The number of thiophene rings is 2. The van der Waals surface area contributed by atoms with Crippen molar-refractivity contribution in [3.05, 3.63) is 188 Å². The van der Waals surface area contributed by atoms with Crippen molar-refractivity contribution in [3.63, 3.8) is 0 Å². The predicted molar refractivity (Wildman–Crippen MR) is 238 cm³/mol. The van der Waals surface area contributed by atoms with E-state index in [1.54, 1.807) is 0 Å². The standard InChI is InChI=1S/C51H31N3S2/c1-2-8-35(9-3-1)51-53-45(34-16-14-32(15-17-34)33-22-24-52-25-23-33)31-46(54-51)40-27-38(36-18-20-49-43(29-36)41-10-4-6-12-47(41)55-49)26-39(28-40)37-19-21-50-44(30-37)42-11-5-7-13-48(42)56-50/h1-31H. The molecule has 7 aromatic carbocycles. The first-order chi connectivity index (χ1) is 27.7. The molecular weight excluding hydrogens is 719 g/mol. The van der Waals surface area contributed by atoms with Gasteiger partial charge in [-0.3, -0.25) is 4.98 Å². The van der Waals surface area contributed by atoms with E-state index in [1.807, 2.05) is 65.4 Å². The molecule has 0 bridgehead atoms. The van der Waals surface area contributed by atoms with Gasteiger partial charge in [-0.1, -0.05) is 103 Å². The maximum Gasteiger partial charge on any atom is 0.160 e. The van der Waals surface area contributed by atoms with Crippen LogP contribution in [0, 0.1) is 0 Å². The minimum absolute atomic E-state index is 0.695. The molecule has 0 saturated heterocycles. The average molecular weight is 750 g/mol. The van der Waals surface area contributed by atoms with Gasteiger partial charge < -0.3 is 0 Å². The molecule has 0 atom stereocenters. The predicted octanol–water partition coefficient (Wildman–Crippen LogP) is 14.6. The Morgan fingerprint density at radius 1 is 0.286 bits per heavy atom. The molecule has 0 aliphatic carbocycles. The van der Waals surface area contributed by atoms with Crippen LogP contribution in [-0.4, -0.2) is 15.0 Å². The van der Waals surface area contributed by atoms with E-state index >= 15 is 0 Å². The van der Waals surface area contributed by atoms with Gasteiger partial charge in [0.05, 0.1) is 11.4 Å². The summed E-state index contributed by atoms with van der Waals surface area (Å²) in [4.78, 5) is 14.6. The zero-order valence-electron chi connectivity index (χ0n) is 30.1. The van der Waals surface area contributed by atoms with Gasteiger partial charge >= 0.3 is 0 Å². The molecule has 5 heteroatoms. The third kappa shape index (κ3) is 5.86. The Bertz CT molecular complexity index is 3110. The first kappa shape index (κ1) is 32.6. The number of hydrogen-bond donors (Lipinski definition) is 0. The largest absolute Gasteiger partial charge is 0.265 e. The second-order valence-corrected chi connectivity index (χ2v) is 16.2. The van der Waals surface area contributed by atoms with Crippen molar-refractivity contribution in [2.45, 2.75) is 0 Å². The Balaban J connectivity index is 1.11. The van der Waals surface area contributed by atoms with Crippen LogP contribution in [0.2, 0.25) is 0 Å². The van der Waals surface area contributed by atoms with Gasteiger partial charge in [-0.25, -0.2) is 9.97 Å². The second-order valence-electron chi connectivity index (χ2n) is 14.1. The fraction of sp³-hybridized carbons (Fsp3) is 0. The van der Waals surface area contributed by atoms with Crippen LogP contribution in [0.3, 0.4) is 0 Å². The third-order valence-electron chi connectivity index (χ3n) is 10.6. The molecular formula is C51H31N3S2. The number of pyridine rings is 1. The zero-order chi connectivity index (χ0) is 37.0. The van der Waals surface area contributed by atoms with E-state index in [9.17, 15) is 0 Å². The van der Waals surface area contributed by atoms with E-state index in [-0.39, 0.29) is 0 Å². The maximum atomic E-state index is 5.28. The summed E-state index contributed by atoms with van der Waals surface area (Å²) in [6.07, 6.45) is 3.66. The van der Waals surface area contributed by atoms with Gasteiger partial charge in [-0.2, -0.15) is 0 Å². The van der Waals surface area contributed by atoms with E-state index in [1.165, 1.54) is 51.5 Å². The summed E-state index contributed by atoms with van der Waals surface area (Å²) in [6.45, 7) is 0. The van der Waals surface area contributed by atoms with E-state index < -0.39 is 0 Å². The quantitative estimate of drug-likeness (QED) is 0.170. The Labute approximate surface area is 331 Å². The summed E-state index contributed by atoms with van der Waals surface area (Å²) < 4.78 is 5.20. The molecule has 4 aromatic heterocycles. The molecule has 0 radical (unpaired) electrons. The molecule has 0 spiro atoms. The Morgan fingerprint density at radius 2 is 0.750 bits per heavy atom. The van der Waals surface area contributed by atoms with Crippen molar-refractivity contribution in [2.24, 2.45) is 0 Å². The zero-order valence-corrected chi connectivity index (χ0v) is 31.7. The van der Waals surface area contributed by atoms with Gasteiger partial charge in [-0.15, -0.1) is 22.7 Å². The molecule has 0 fully saturated rings. The van der Waals surface area contributed by atoms with Gasteiger partial charge in [0.25, 0.3) is 0 Å². The van der Waals surface area contributed by atoms with Gasteiger partial charge in [-0.05, 0) is 106 Å². The maximum absolute atomic E-state index is 5.28. The third-order valence-corrected chi connectivity index (χ3v) is 12.9. The van der Waals surface area contributed by atoms with Crippen LogP contribution in [-0.2, 0) is 0 Å². The minimum Gasteiger partial charge on any atom is -0.265 e. The van der Waals surface area contributed by atoms with Crippen molar-refractivity contribution in [3.8, 4) is 67.3 Å². The number of hydrogen-bond acceptors (Lipinski definition) is 5. The smallest absolute Gasteiger partial charge is 0.160 e. The summed E-state index contributed by atoms with van der Waals surface area (Å²) in [5, 5.41) is 5.16. The van der Waals surface area contributed by atoms with Crippen LogP contribution in [0.15, 0.2) is 188 Å². The van der Waals surface area contributed by atoms with Crippen LogP contribution >= 0.6 is 22.7 Å². The topological polar surface area (TPSA) is 38.7 Å². The lowest BCUT2D eigenvalue weighted by atomic mass is 9.93. The summed E-state index contributed by atoms with van der Waals surface area (Å²) in [6, 6.07) is 63.2. The van der Waals surface area contributed by atoms with Crippen molar-refractivity contribution in [2.75, 3.05) is 0 Å². The summed E-state index contributed by atoms with van der Waals surface area (Å²) >= 11 is 3.70. The highest BCUT2D eigenvalue weighted by molar-refractivity contribution is 7.26. The first-order valence-electron chi connectivity index (χ1n) is 18.6. The van der Waals surface area contributed by atoms with E-state index in [0.717, 1.165) is 50.3 Å². The lowest BCUT2D eigenvalue weighted by Crippen LogP contribution is -1.96. The monoisotopic (exact) mass is 749 g/mol. The number of benzene rings is 7. The molecule has 0 aliphatic heterocycles.